The molecule has 1 heterocycles. The van der Waals surface area contributed by atoms with Gasteiger partial charge in [-0.1, -0.05) is 6.07 Å². The Hall–Kier alpha value is -1.75. The normalized spacial score (nSPS) is 10.8. The van der Waals surface area contributed by atoms with Crippen LogP contribution in [0.2, 0.25) is 0 Å². The number of hydrogen-bond acceptors (Lipinski definition) is 2. The Morgan fingerprint density at radius 1 is 1.22 bits per heavy atom. The number of hydrogen-bond donors (Lipinski definition) is 1. The number of nitrogens with one attached hydrogen (secondary N) is 1. The van der Waals surface area contributed by atoms with E-state index in [0.717, 1.165) is 31.1 Å². The second-order valence-corrected chi connectivity index (χ2v) is 4.05. The third kappa shape index (κ3) is 3.63. The predicted octanol–water partition coefficient (Wildman–Crippen LogP) is 2.34. The molecular weight excluding hydrogens is 236 g/mol. The molecule has 0 atom stereocenters. The van der Waals surface area contributed by atoms with Crippen molar-refractivity contribution < 1.29 is 8.78 Å². The van der Waals surface area contributed by atoms with E-state index in [0.29, 0.717) is 6.54 Å². The van der Waals surface area contributed by atoms with Gasteiger partial charge in [0.1, 0.15) is 0 Å². The molecule has 0 saturated carbocycles. The molecule has 1 N–H and O–H groups in total. The lowest BCUT2D eigenvalue weighted by Gasteiger charge is -2.05. The smallest absolute Gasteiger partial charge is 0.159 e. The zero-order valence-corrected chi connectivity index (χ0v) is 9.94. The Labute approximate surface area is 104 Å². The van der Waals surface area contributed by atoms with Crippen molar-refractivity contribution in [2.24, 2.45) is 0 Å². The van der Waals surface area contributed by atoms with E-state index in [1.54, 1.807) is 12.3 Å². The van der Waals surface area contributed by atoms with E-state index in [9.17, 15) is 8.78 Å². The number of aromatic nitrogens is 2. The van der Waals surface area contributed by atoms with Crippen LogP contribution in [0.1, 0.15) is 12.0 Å². The summed E-state index contributed by atoms with van der Waals surface area (Å²) in [4.78, 5) is 0. The van der Waals surface area contributed by atoms with Crippen LogP contribution in [0.25, 0.3) is 0 Å². The van der Waals surface area contributed by atoms with E-state index in [1.807, 2.05) is 16.9 Å². The molecule has 0 radical (unpaired) electrons. The highest BCUT2D eigenvalue weighted by Crippen LogP contribution is 2.08. The number of nitrogens with zero attached hydrogens (tertiary/aromatic N) is 2. The first-order valence-electron chi connectivity index (χ1n) is 5.88. The topological polar surface area (TPSA) is 29.9 Å². The van der Waals surface area contributed by atoms with Gasteiger partial charge in [0.25, 0.3) is 0 Å². The Morgan fingerprint density at radius 2 is 2.11 bits per heavy atom. The molecule has 3 nitrogen and oxygen atoms in total. The van der Waals surface area contributed by atoms with Gasteiger partial charge in [0, 0.05) is 25.5 Å². The van der Waals surface area contributed by atoms with Gasteiger partial charge in [-0.05, 0) is 36.7 Å². The zero-order chi connectivity index (χ0) is 12.8. The van der Waals surface area contributed by atoms with E-state index in [-0.39, 0.29) is 0 Å². The maximum absolute atomic E-state index is 12.9. The maximum Gasteiger partial charge on any atom is 0.159 e. The van der Waals surface area contributed by atoms with Crippen LogP contribution < -0.4 is 5.32 Å². The Bertz CT molecular complexity index is 483. The summed E-state index contributed by atoms with van der Waals surface area (Å²) in [7, 11) is 0. The fourth-order valence-corrected chi connectivity index (χ4v) is 1.68. The molecule has 96 valence electrons. The van der Waals surface area contributed by atoms with Crippen molar-refractivity contribution in [3.05, 3.63) is 53.9 Å². The van der Waals surface area contributed by atoms with E-state index >= 15 is 0 Å². The van der Waals surface area contributed by atoms with Crippen LogP contribution in [0.5, 0.6) is 0 Å². The average Bonchev–Trinajstić information content (AvgIpc) is 2.86. The molecule has 0 aliphatic carbocycles. The minimum absolute atomic E-state index is 0.538. The van der Waals surface area contributed by atoms with E-state index in [2.05, 4.69) is 10.4 Å². The van der Waals surface area contributed by atoms with Crippen LogP contribution in [0.3, 0.4) is 0 Å². The summed E-state index contributed by atoms with van der Waals surface area (Å²) < 4.78 is 27.5. The van der Waals surface area contributed by atoms with Gasteiger partial charge in [-0.25, -0.2) is 8.78 Å². The van der Waals surface area contributed by atoms with Crippen molar-refractivity contribution in [2.75, 3.05) is 6.54 Å². The molecule has 0 amide bonds. The van der Waals surface area contributed by atoms with Crippen LogP contribution in [-0.2, 0) is 13.1 Å². The molecule has 5 heteroatoms. The van der Waals surface area contributed by atoms with Crippen molar-refractivity contribution in [1.29, 1.82) is 0 Å². The number of benzene rings is 1. The number of halogens is 2. The highest BCUT2D eigenvalue weighted by atomic mass is 19.2. The largest absolute Gasteiger partial charge is 0.313 e. The van der Waals surface area contributed by atoms with Crippen LogP contribution in [0, 0.1) is 11.6 Å². The summed E-state index contributed by atoms with van der Waals surface area (Å²) in [5.74, 6) is -1.61. The fraction of sp³-hybridized carbons (Fsp3) is 0.308. The van der Waals surface area contributed by atoms with E-state index in [4.69, 9.17) is 0 Å². The van der Waals surface area contributed by atoms with Gasteiger partial charge in [0.2, 0.25) is 0 Å². The van der Waals surface area contributed by atoms with Crippen LogP contribution in [0.4, 0.5) is 8.78 Å². The van der Waals surface area contributed by atoms with Crippen molar-refractivity contribution in [1.82, 2.24) is 15.1 Å². The molecule has 0 bridgehead atoms. The maximum atomic E-state index is 12.9. The van der Waals surface area contributed by atoms with Crippen LogP contribution in [-0.4, -0.2) is 16.3 Å². The minimum atomic E-state index is -0.808. The first-order valence-corrected chi connectivity index (χ1v) is 5.88. The van der Waals surface area contributed by atoms with E-state index in [1.165, 1.54) is 6.07 Å². The molecule has 0 aliphatic rings. The number of aryl methyl sites for hydroxylation is 1. The fourth-order valence-electron chi connectivity index (χ4n) is 1.68. The Kier molecular flexibility index (Phi) is 4.41. The first-order chi connectivity index (χ1) is 8.75. The van der Waals surface area contributed by atoms with Crippen LogP contribution in [0.15, 0.2) is 36.7 Å². The Morgan fingerprint density at radius 3 is 2.83 bits per heavy atom. The lowest BCUT2D eigenvalue weighted by Crippen LogP contribution is -2.16. The second-order valence-electron chi connectivity index (χ2n) is 4.05. The second kappa shape index (κ2) is 6.26. The number of rotatable bonds is 6. The monoisotopic (exact) mass is 251 g/mol. The van der Waals surface area contributed by atoms with Gasteiger partial charge in [-0.15, -0.1) is 0 Å². The quantitative estimate of drug-likeness (QED) is 0.799. The molecule has 1 aromatic carbocycles. The van der Waals surface area contributed by atoms with Gasteiger partial charge >= 0.3 is 0 Å². The van der Waals surface area contributed by atoms with Crippen molar-refractivity contribution in [3.8, 4) is 0 Å². The minimum Gasteiger partial charge on any atom is -0.313 e. The summed E-state index contributed by atoms with van der Waals surface area (Å²) in [6, 6.07) is 5.83. The molecule has 18 heavy (non-hydrogen) atoms. The van der Waals surface area contributed by atoms with Gasteiger partial charge in [0.15, 0.2) is 11.6 Å². The van der Waals surface area contributed by atoms with Gasteiger partial charge in [-0.3, -0.25) is 4.68 Å². The summed E-state index contributed by atoms with van der Waals surface area (Å²) in [5, 5.41) is 7.27. The first kappa shape index (κ1) is 12.7. The predicted molar refractivity (Wildman–Crippen MR) is 64.9 cm³/mol. The molecule has 0 saturated heterocycles. The molecule has 0 unspecified atom stereocenters. The van der Waals surface area contributed by atoms with E-state index < -0.39 is 11.6 Å². The van der Waals surface area contributed by atoms with Crippen LogP contribution >= 0.6 is 0 Å². The molecular formula is C13H15F2N3. The molecule has 2 rings (SSSR count). The molecule has 0 fully saturated rings. The lowest BCUT2D eigenvalue weighted by atomic mass is 10.2. The third-order valence-corrected chi connectivity index (χ3v) is 2.61. The van der Waals surface area contributed by atoms with Crippen molar-refractivity contribution in [2.45, 2.75) is 19.5 Å². The van der Waals surface area contributed by atoms with Crippen molar-refractivity contribution >= 4 is 0 Å². The highest BCUT2D eigenvalue weighted by Gasteiger charge is 2.01. The summed E-state index contributed by atoms with van der Waals surface area (Å²) in [6.45, 7) is 2.19. The third-order valence-electron chi connectivity index (χ3n) is 2.61. The standard InChI is InChI=1S/C13H15F2N3/c14-12-4-3-11(9-13(12)15)10-16-5-1-7-18-8-2-6-17-18/h2-4,6,8-9,16H,1,5,7,10H2. The van der Waals surface area contributed by atoms with Gasteiger partial charge in [-0.2, -0.15) is 5.10 Å². The zero-order valence-electron chi connectivity index (χ0n) is 9.94. The highest BCUT2D eigenvalue weighted by molar-refractivity contribution is 5.17. The summed E-state index contributed by atoms with van der Waals surface area (Å²) >= 11 is 0. The van der Waals surface area contributed by atoms with Gasteiger partial charge in [0.05, 0.1) is 0 Å². The SMILES string of the molecule is Fc1ccc(CNCCCn2cccn2)cc1F. The molecule has 0 aliphatic heterocycles. The summed E-state index contributed by atoms with van der Waals surface area (Å²) in [5.41, 5.74) is 0.744. The molecule has 0 spiro atoms. The van der Waals surface area contributed by atoms with Crippen molar-refractivity contribution in [3.63, 3.8) is 0 Å². The summed E-state index contributed by atoms with van der Waals surface area (Å²) in [6.07, 6.45) is 4.59. The Balaban J connectivity index is 1.67. The lowest BCUT2D eigenvalue weighted by molar-refractivity contribution is 0.504. The molecule has 1 aromatic heterocycles. The average molecular weight is 251 g/mol. The van der Waals surface area contributed by atoms with Gasteiger partial charge < -0.3 is 5.32 Å². The molecule has 2 aromatic rings.